The van der Waals surface area contributed by atoms with Crippen LogP contribution >= 0.6 is 23.5 Å². The molecule has 5 heteroatoms. The standard InChI is InChI=1S/C19H40O3S2/c1-3-5-7-9-14-23-16-13-21-11-12-22-17-19(20)18-24-15-10-8-6-4-2/h19-20H,3-18H2,1-2H3. The second kappa shape index (κ2) is 21.6. The zero-order valence-electron chi connectivity index (χ0n) is 16.0. The highest BCUT2D eigenvalue weighted by atomic mass is 32.2. The molecular formula is C19H40O3S2. The second-order valence-electron chi connectivity index (χ2n) is 6.15. The van der Waals surface area contributed by atoms with Gasteiger partial charge in [0.15, 0.2) is 0 Å². The average Bonchev–Trinajstić information content (AvgIpc) is 2.59. The van der Waals surface area contributed by atoms with Crippen molar-refractivity contribution in [2.75, 3.05) is 49.4 Å². The first-order chi connectivity index (χ1) is 11.8. The third-order valence-corrected chi connectivity index (χ3v) is 5.88. The number of rotatable bonds is 20. The minimum atomic E-state index is -0.347. The largest absolute Gasteiger partial charge is 0.390 e. The van der Waals surface area contributed by atoms with Gasteiger partial charge in [-0.3, -0.25) is 0 Å². The Morgan fingerprint density at radius 1 is 0.708 bits per heavy atom. The molecule has 0 saturated heterocycles. The first kappa shape index (κ1) is 24.6. The van der Waals surface area contributed by atoms with E-state index >= 15 is 0 Å². The Labute approximate surface area is 159 Å². The van der Waals surface area contributed by atoms with Crippen LogP contribution in [0, 0.1) is 0 Å². The maximum atomic E-state index is 9.82. The topological polar surface area (TPSA) is 38.7 Å². The molecule has 0 aromatic rings. The zero-order chi connectivity index (χ0) is 17.7. The van der Waals surface area contributed by atoms with Gasteiger partial charge in [0, 0.05) is 11.5 Å². The second-order valence-corrected chi connectivity index (χ2v) is 8.52. The van der Waals surface area contributed by atoms with Crippen molar-refractivity contribution in [1.29, 1.82) is 0 Å². The van der Waals surface area contributed by atoms with E-state index in [4.69, 9.17) is 9.47 Å². The molecule has 0 amide bonds. The van der Waals surface area contributed by atoms with E-state index in [0.717, 1.165) is 23.9 Å². The molecule has 0 saturated carbocycles. The van der Waals surface area contributed by atoms with Crippen molar-refractivity contribution < 1.29 is 14.6 Å². The van der Waals surface area contributed by atoms with Crippen LogP contribution in [-0.4, -0.2) is 60.6 Å². The van der Waals surface area contributed by atoms with Gasteiger partial charge in [-0.05, 0) is 24.3 Å². The summed E-state index contributed by atoms with van der Waals surface area (Å²) in [5.41, 5.74) is 0. The summed E-state index contributed by atoms with van der Waals surface area (Å²) in [6, 6.07) is 0. The molecule has 1 N–H and O–H groups in total. The molecule has 0 heterocycles. The lowest BCUT2D eigenvalue weighted by Gasteiger charge is -2.11. The predicted molar refractivity (Wildman–Crippen MR) is 111 cm³/mol. The van der Waals surface area contributed by atoms with Crippen molar-refractivity contribution in [1.82, 2.24) is 0 Å². The van der Waals surface area contributed by atoms with E-state index in [9.17, 15) is 5.11 Å². The van der Waals surface area contributed by atoms with Gasteiger partial charge in [-0.1, -0.05) is 52.4 Å². The molecule has 1 unspecified atom stereocenters. The van der Waals surface area contributed by atoms with Crippen LogP contribution in [0.4, 0.5) is 0 Å². The maximum Gasteiger partial charge on any atom is 0.0863 e. The molecule has 0 aliphatic rings. The number of unbranched alkanes of at least 4 members (excludes halogenated alkanes) is 6. The monoisotopic (exact) mass is 380 g/mol. The fourth-order valence-corrected chi connectivity index (χ4v) is 3.98. The molecule has 146 valence electrons. The van der Waals surface area contributed by atoms with Gasteiger partial charge >= 0.3 is 0 Å². The van der Waals surface area contributed by atoms with E-state index in [2.05, 4.69) is 13.8 Å². The first-order valence-electron chi connectivity index (χ1n) is 9.80. The zero-order valence-corrected chi connectivity index (χ0v) is 17.6. The molecule has 3 nitrogen and oxygen atoms in total. The van der Waals surface area contributed by atoms with Crippen LogP contribution in [0.15, 0.2) is 0 Å². The van der Waals surface area contributed by atoms with E-state index in [1.807, 2.05) is 23.5 Å². The Hall–Kier alpha value is 0.580. The Kier molecular flexibility index (Phi) is 22.1. The highest BCUT2D eigenvalue weighted by Gasteiger charge is 2.04. The summed E-state index contributed by atoms with van der Waals surface area (Å²) in [5.74, 6) is 4.25. The highest BCUT2D eigenvalue weighted by Crippen LogP contribution is 2.09. The van der Waals surface area contributed by atoms with Crippen molar-refractivity contribution >= 4 is 23.5 Å². The van der Waals surface area contributed by atoms with Gasteiger partial charge < -0.3 is 14.6 Å². The summed E-state index contributed by atoms with van der Waals surface area (Å²) in [6.07, 6.45) is 10.2. The SMILES string of the molecule is CCCCCCSCCOCCOCC(O)CSCCCCCC. The molecule has 0 aliphatic heterocycles. The molecule has 0 rings (SSSR count). The van der Waals surface area contributed by atoms with Crippen molar-refractivity contribution in [3.8, 4) is 0 Å². The Morgan fingerprint density at radius 3 is 2.00 bits per heavy atom. The quantitative estimate of drug-likeness (QED) is 0.301. The van der Waals surface area contributed by atoms with Crippen LogP contribution < -0.4 is 0 Å². The molecule has 0 radical (unpaired) electrons. The first-order valence-corrected chi connectivity index (χ1v) is 12.1. The lowest BCUT2D eigenvalue weighted by atomic mass is 10.2. The van der Waals surface area contributed by atoms with E-state index in [-0.39, 0.29) is 6.10 Å². The van der Waals surface area contributed by atoms with Gasteiger partial charge in [0.1, 0.15) is 0 Å². The Balaban J connectivity index is 3.10. The molecule has 0 fully saturated rings. The summed E-state index contributed by atoms with van der Waals surface area (Å²) in [4.78, 5) is 0. The number of aliphatic hydroxyl groups is 1. The van der Waals surface area contributed by atoms with E-state index in [1.165, 1.54) is 57.1 Å². The van der Waals surface area contributed by atoms with Crippen molar-refractivity contribution in [2.24, 2.45) is 0 Å². The summed E-state index contributed by atoms with van der Waals surface area (Å²) < 4.78 is 11.0. The minimum Gasteiger partial charge on any atom is -0.390 e. The Morgan fingerprint density at radius 2 is 1.33 bits per heavy atom. The van der Waals surface area contributed by atoms with E-state index in [0.29, 0.717) is 19.8 Å². The Bertz CT molecular complexity index is 231. The van der Waals surface area contributed by atoms with Crippen molar-refractivity contribution in [3.05, 3.63) is 0 Å². The third-order valence-electron chi connectivity index (χ3n) is 3.65. The molecule has 24 heavy (non-hydrogen) atoms. The number of ether oxygens (including phenoxy) is 2. The van der Waals surface area contributed by atoms with Crippen LogP contribution in [0.1, 0.15) is 65.2 Å². The lowest BCUT2D eigenvalue weighted by molar-refractivity contribution is 0.0139. The molecule has 0 aliphatic carbocycles. The fourth-order valence-electron chi connectivity index (χ4n) is 2.19. The van der Waals surface area contributed by atoms with Gasteiger partial charge in [0.2, 0.25) is 0 Å². The smallest absolute Gasteiger partial charge is 0.0863 e. The fraction of sp³-hybridized carbons (Fsp3) is 1.00. The summed E-state index contributed by atoms with van der Waals surface area (Å²) in [7, 11) is 0. The summed E-state index contributed by atoms with van der Waals surface area (Å²) in [5, 5.41) is 9.82. The number of hydrogen-bond acceptors (Lipinski definition) is 5. The molecule has 0 aromatic carbocycles. The normalized spacial score (nSPS) is 12.6. The minimum absolute atomic E-state index is 0.347. The van der Waals surface area contributed by atoms with E-state index in [1.54, 1.807) is 0 Å². The number of hydrogen-bond donors (Lipinski definition) is 1. The van der Waals surface area contributed by atoms with Gasteiger partial charge in [0.05, 0.1) is 32.5 Å². The van der Waals surface area contributed by atoms with Crippen molar-refractivity contribution in [3.63, 3.8) is 0 Å². The van der Waals surface area contributed by atoms with Crippen LogP contribution in [-0.2, 0) is 9.47 Å². The van der Waals surface area contributed by atoms with Gasteiger partial charge in [0.25, 0.3) is 0 Å². The number of thioether (sulfide) groups is 2. The molecule has 1 atom stereocenters. The third kappa shape index (κ3) is 20.6. The van der Waals surface area contributed by atoms with Gasteiger partial charge in [-0.25, -0.2) is 0 Å². The lowest BCUT2D eigenvalue weighted by Crippen LogP contribution is -2.20. The van der Waals surface area contributed by atoms with Crippen molar-refractivity contribution in [2.45, 2.75) is 71.3 Å². The van der Waals surface area contributed by atoms with Gasteiger partial charge in [-0.15, -0.1) is 0 Å². The van der Waals surface area contributed by atoms with Crippen LogP contribution in [0.5, 0.6) is 0 Å². The molecule has 0 bridgehead atoms. The van der Waals surface area contributed by atoms with Gasteiger partial charge in [-0.2, -0.15) is 23.5 Å². The molecular weight excluding hydrogens is 340 g/mol. The summed E-state index contributed by atoms with van der Waals surface area (Å²) in [6.45, 7) is 6.92. The van der Waals surface area contributed by atoms with Crippen LogP contribution in [0.3, 0.4) is 0 Å². The van der Waals surface area contributed by atoms with Crippen LogP contribution in [0.2, 0.25) is 0 Å². The van der Waals surface area contributed by atoms with E-state index < -0.39 is 0 Å². The summed E-state index contributed by atoms with van der Waals surface area (Å²) >= 11 is 3.81. The average molecular weight is 381 g/mol. The number of aliphatic hydroxyl groups excluding tert-OH is 1. The highest BCUT2D eigenvalue weighted by molar-refractivity contribution is 7.99. The predicted octanol–water partition coefficient (Wildman–Crippen LogP) is 5.01. The molecule has 0 spiro atoms. The molecule has 0 aromatic heterocycles. The maximum absolute atomic E-state index is 9.82. The van der Waals surface area contributed by atoms with Crippen LogP contribution in [0.25, 0.3) is 0 Å².